The molecule has 1 atom stereocenters. The summed E-state index contributed by atoms with van der Waals surface area (Å²) in [6.45, 7) is 4.71. The van der Waals surface area contributed by atoms with E-state index in [-0.39, 0.29) is 23.4 Å². The number of carbonyl (C=O) groups is 2. The van der Waals surface area contributed by atoms with Gasteiger partial charge in [0.15, 0.2) is 0 Å². The summed E-state index contributed by atoms with van der Waals surface area (Å²) in [5.74, 6) is -0.223. The molecule has 0 heterocycles. The fourth-order valence-corrected chi connectivity index (χ4v) is 4.43. The molecule has 0 aliphatic rings. The first kappa shape index (κ1) is 24.2. The third-order valence-electron chi connectivity index (χ3n) is 4.75. The molecule has 4 nitrogen and oxygen atoms in total. The van der Waals surface area contributed by atoms with Gasteiger partial charge >= 0.3 is 0 Å². The van der Waals surface area contributed by atoms with Crippen LogP contribution < -0.4 is 5.32 Å². The predicted octanol–water partition coefficient (Wildman–Crippen LogP) is 4.70. The smallest absolute Gasteiger partial charge is 0.242 e. The van der Waals surface area contributed by atoms with Crippen LogP contribution in [-0.2, 0) is 21.8 Å². The highest BCUT2D eigenvalue weighted by molar-refractivity contribution is 7.99. The lowest BCUT2D eigenvalue weighted by molar-refractivity contribution is -0.138. The van der Waals surface area contributed by atoms with Crippen molar-refractivity contribution in [3.8, 4) is 0 Å². The third-order valence-corrected chi connectivity index (χ3v) is 6.05. The second kappa shape index (κ2) is 12.6. The molecule has 0 aromatic heterocycles. The first-order valence-electron chi connectivity index (χ1n) is 10.1. The van der Waals surface area contributed by atoms with Gasteiger partial charge in [0, 0.05) is 29.4 Å². The van der Waals surface area contributed by atoms with E-state index in [4.69, 9.17) is 11.6 Å². The van der Waals surface area contributed by atoms with E-state index in [2.05, 4.69) is 5.32 Å². The molecule has 30 heavy (non-hydrogen) atoms. The van der Waals surface area contributed by atoms with Crippen LogP contribution in [0.25, 0.3) is 0 Å². The van der Waals surface area contributed by atoms with E-state index in [0.717, 1.165) is 5.56 Å². The van der Waals surface area contributed by atoms with E-state index in [1.54, 1.807) is 17.0 Å². The minimum Gasteiger partial charge on any atom is -0.355 e. The van der Waals surface area contributed by atoms with Gasteiger partial charge in [0.1, 0.15) is 11.9 Å². The highest BCUT2D eigenvalue weighted by Gasteiger charge is 2.27. The molecule has 0 fully saturated rings. The van der Waals surface area contributed by atoms with Crippen LogP contribution in [0.5, 0.6) is 0 Å². The quantitative estimate of drug-likeness (QED) is 0.540. The van der Waals surface area contributed by atoms with E-state index in [1.165, 1.54) is 17.8 Å². The van der Waals surface area contributed by atoms with Gasteiger partial charge in [-0.05, 0) is 37.5 Å². The fourth-order valence-electron chi connectivity index (χ4n) is 3.18. The molecule has 7 heteroatoms. The maximum absolute atomic E-state index is 14.0. The number of nitrogens with zero attached hydrogens (tertiary/aromatic N) is 1. The maximum Gasteiger partial charge on any atom is 0.242 e. The van der Waals surface area contributed by atoms with Crippen molar-refractivity contribution in [1.29, 1.82) is 0 Å². The van der Waals surface area contributed by atoms with Crippen LogP contribution in [0.2, 0.25) is 5.02 Å². The van der Waals surface area contributed by atoms with Crippen molar-refractivity contribution in [1.82, 2.24) is 10.2 Å². The molecular weight excluding hydrogens is 423 g/mol. The van der Waals surface area contributed by atoms with Gasteiger partial charge in [0.25, 0.3) is 0 Å². The van der Waals surface area contributed by atoms with Gasteiger partial charge in [-0.3, -0.25) is 9.59 Å². The Morgan fingerprint density at radius 2 is 1.87 bits per heavy atom. The average molecular weight is 451 g/mol. The van der Waals surface area contributed by atoms with Crippen molar-refractivity contribution >= 4 is 35.2 Å². The number of nitrogens with one attached hydrogen (secondary N) is 1. The zero-order valence-corrected chi connectivity index (χ0v) is 18.9. The summed E-state index contributed by atoms with van der Waals surface area (Å²) < 4.78 is 14.0. The lowest BCUT2D eigenvalue weighted by atomic mass is 10.1. The topological polar surface area (TPSA) is 49.4 Å². The van der Waals surface area contributed by atoms with E-state index in [9.17, 15) is 14.0 Å². The van der Waals surface area contributed by atoms with Crippen LogP contribution >= 0.6 is 23.4 Å². The van der Waals surface area contributed by atoms with Crippen LogP contribution in [-0.4, -0.2) is 41.6 Å². The molecule has 0 aliphatic carbocycles. The third kappa shape index (κ3) is 7.03. The molecule has 0 unspecified atom stereocenters. The Morgan fingerprint density at radius 1 is 1.13 bits per heavy atom. The van der Waals surface area contributed by atoms with Crippen molar-refractivity contribution in [3.63, 3.8) is 0 Å². The molecule has 0 saturated carbocycles. The van der Waals surface area contributed by atoms with Gasteiger partial charge in [-0.25, -0.2) is 4.39 Å². The summed E-state index contributed by atoms with van der Waals surface area (Å²) in [5, 5.41) is 3.17. The zero-order chi connectivity index (χ0) is 21.9. The molecule has 0 bridgehead atoms. The molecule has 162 valence electrons. The monoisotopic (exact) mass is 450 g/mol. The van der Waals surface area contributed by atoms with Gasteiger partial charge < -0.3 is 10.2 Å². The Morgan fingerprint density at radius 3 is 2.50 bits per heavy atom. The highest BCUT2D eigenvalue weighted by Crippen LogP contribution is 2.24. The second-order valence-electron chi connectivity index (χ2n) is 6.83. The van der Waals surface area contributed by atoms with E-state index in [1.807, 2.05) is 44.2 Å². The van der Waals surface area contributed by atoms with Crippen molar-refractivity contribution in [2.24, 2.45) is 0 Å². The minimum absolute atomic E-state index is 0.138. The molecule has 2 aromatic rings. The van der Waals surface area contributed by atoms with Crippen LogP contribution in [0.15, 0.2) is 48.5 Å². The molecule has 2 amide bonds. The Labute approximate surface area is 187 Å². The molecule has 0 aliphatic heterocycles. The number of amides is 2. The van der Waals surface area contributed by atoms with E-state index >= 15 is 0 Å². The molecule has 0 saturated heterocycles. The molecule has 2 aromatic carbocycles. The van der Waals surface area contributed by atoms with Gasteiger partial charge in [-0.15, -0.1) is 11.8 Å². The largest absolute Gasteiger partial charge is 0.355 e. The maximum atomic E-state index is 14.0. The first-order valence-corrected chi connectivity index (χ1v) is 11.6. The molecule has 0 radical (unpaired) electrons. The van der Waals surface area contributed by atoms with Crippen LogP contribution in [0.1, 0.15) is 31.4 Å². The van der Waals surface area contributed by atoms with Crippen molar-refractivity contribution < 1.29 is 14.0 Å². The summed E-state index contributed by atoms with van der Waals surface area (Å²) >= 11 is 7.37. The number of thioether (sulfide) groups is 1. The summed E-state index contributed by atoms with van der Waals surface area (Å²) in [7, 11) is 0. The summed E-state index contributed by atoms with van der Waals surface area (Å²) in [5.41, 5.74) is 1.50. The Bertz CT molecular complexity index is 815. The fraction of sp³-hybridized carbons (Fsp3) is 0.391. The number of hydrogen-bond donors (Lipinski definition) is 1. The van der Waals surface area contributed by atoms with Crippen molar-refractivity contribution in [2.75, 3.05) is 18.8 Å². The number of likely N-dealkylation sites (N-methyl/N-ethyl adjacent to an activating group) is 1. The molecule has 1 N–H and O–H groups in total. The number of benzene rings is 2. The van der Waals surface area contributed by atoms with E-state index < -0.39 is 6.04 Å². The van der Waals surface area contributed by atoms with Crippen LogP contribution in [0.4, 0.5) is 4.39 Å². The van der Waals surface area contributed by atoms with Gasteiger partial charge in [0.05, 0.1) is 5.75 Å². The van der Waals surface area contributed by atoms with Gasteiger partial charge in [-0.2, -0.15) is 0 Å². The number of carbonyl (C=O) groups excluding carboxylic acids is 2. The number of hydrogen-bond acceptors (Lipinski definition) is 3. The lowest BCUT2D eigenvalue weighted by Gasteiger charge is -2.30. The predicted molar refractivity (Wildman–Crippen MR) is 122 cm³/mol. The van der Waals surface area contributed by atoms with E-state index in [0.29, 0.717) is 42.3 Å². The Kier molecular flexibility index (Phi) is 10.2. The molecule has 2 rings (SSSR count). The number of halogens is 2. The van der Waals surface area contributed by atoms with Crippen LogP contribution in [0, 0.1) is 5.82 Å². The molecule has 0 spiro atoms. The van der Waals surface area contributed by atoms with Gasteiger partial charge in [0.2, 0.25) is 11.8 Å². The lowest BCUT2D eigenvalue weighted by Crippen LogP contribution is -2.50. The second-order valence-corrected chi connectivity index (χ2v) is 8.23. The standard InChI is InChI=1S/C23H28ClFN2O2S/c1-3-21(23(29)26-4-2)27(14-13-17-9-6-5-7-10-17)22(28)16-30-15-18-19(24)11-8-12-20(18)25/h5-12,21H,3-4,13-16H2,1-2H3,(H,26,29)/t21-/m0/s1. The number of rotatable bonds is 11. The summed E-state index contributed by atoms with van der Waals surface area (Å²) in [4.78, 5) is 27.2. The zero-order valence-electron chi connectivity index (χ0n) is 17.4. The summed E-state index contributed by atoms with van der Waals surface area (Å²) in [6, 6.07) is 13.9. The van der Waals surface area contributed by atoms with Crippen LogP contribution in [0.3, 0.4) is 0 Å². The first-order chi connectivity index (χ1) is 14.5. The Balaban J connectivity index is 2.07. The minimum atomic E-state index is -0.529. The van der Waals surface area contributed by atoms with Crippen molar-refractivity contribution in [3.05, 3.63) is 70.5 Å². The Hall–Kier alpha value is -2.05. The van der Waals surface area contributed by atoms with Crippen molar-refractivity contribution in [2.45, 2.75) is 38.5 Å². The highest BCUT2D eigenvalue weighted by atomic mass is 35.5. The van der Waals surface area contributed by atoms with Gasteiger partial charge in [-0.1, -0.05) is 54.9 Å². The average Bonchev–Trinajstić information content (AvgIpc) is 2.74. The normalized spacial score (nSPS) is 11.7. The summed E-state index contributed by atoms with van der Waals surface area (Å²) in [6.07, 6.45) is 1.18. The SMILES string of the molecule is CCNC(=O)[C@H](CC)N(CCc1ccccc1)C(=O)CSCc1c(F)cccc1Cl. The molecular formula is C23H28ClFN2O2S.